The molecular formula is C13H18N2O3. The summed E-state index contributed by atoms with van der Waals surface area (Å²) in [7, 11) is 1.86. The van der Waals surface area contributed by atoms with E-state index in [0.29, 0.717) is 5.56 Å². The number of hydrogen-bond acceptors (Lipinski definition) is 3. The van der Waals surface area contributed by atoms with Gasteiger partial charge in [0, 0.05) is 12.1 Å². The van der Waals surface area contributed by atoms with Crippen molar-refractivity contribution < 1.29 is 14.7 Å². The van der Waals surface area contributed by atoms with E-state index in [0.717, 1.165) is 18.5 Å². The van der Waals surface area contributed by atoms with Gasteiger partial charge >= 0.3 is 5.97 Å². The van der Waals surface area contributed by atoms with Gasteiger partial charge in [0.15, 0.2) is 0 Å². The van der Waals surface area contributed by atoms with Crippen molar-refractivity contribution in [1.82, 2.24) is 10.6 Å². The van der Waals surface area contributed by atoms with Gasteiger partial charge in [-0.05, 0) is 31.6 Å². The molecule has 5 nitrogen and oxygen atoms in total. The van der Waals surface area contributed by atoms with Crippen molar-refractivity contribution in [1.29, 1.82) is 0 Å². The topological polar surface area (TPSA) is 78.4 Å². The van der Waals surface area contributed by atoms with E-state index >= 15 is 0 Å². The maximum absolute atomic E-state index is 11.9. The van der Waals surface area contributed by atoms with E-state index in [1.807, 2.05) is 19.2 Å². The molecule has 0 fully saturated rings. The Hall–Kier alpha value is -1.88. The Kier molecular flexibility index (Phi) is 5.87. The minimum Gasteiger partial charge on any atom is -0.481 e. The van der Waals surface area contributed by atoms with Crippen LogP contribution < -0.4 is 10.6 Å². The largest absolute Gasteiger partial charge is 0.481 e. The maximum atomic E-state index is 11.9. The van der Waals surface area contributed by atoms with Gasteiger partial charge in [-0.25, -0.2) is 0 Å². The minimum atomic E-state index is -0.918. The number of aliphatic carboxylic acids is 1. The quantitative estimate of drug-likeness (QED) is 0.664. The van der Waals surface area contributed by atoms with Gasteiger partial charge in [0.2, 0.25) is 0 Å². The van der Waals surface area contributed by atoms with Gasteiger partial charge in [-0.1, -0.05) is 18.2 Å². The van der Waals surface area contributed by atoms with E-state index in [1.54, 1.807) is 12.1 Å². The van der Waals surface area contributed by atoms with Crippen LogP contribution in [0.2, 0.25) is 0 Å². The number of carboxylic acids is 1. The molecule has 0 spiro atoms. The van der Waals surface area contributed by atoms with Gasteiger partial charge in [-0.15, -0.1) is 0 Å². The van der Waals surface area contributed by atoms with Gasteiger partial charge in [-0.3, -0.25) is 9.59 Å². The average Bonchev–Trinajstić information content (AvgIpc) is 2.36. The molecule has 0 unspecified atom stereocenters. The third kappa shape index (κ3) is 4.55. The lowest BCUT2D eigenvalue weighted by atomic mass is 10.0. The van der Waals surface area contributed by atoms with Gasteiger partial charge in [0.05, 0.1) is 6.42 Å². The van der Waals surface area contributed by atoms with Crippen LogP contribution in [0.25, 0.3) is 0 Å². The van der Waals surface area contributed by atoms with Crippen LogP contribution >= 0.6 is 0 Å². The molecule has 0 saturated carbocycles. The first-order chi connectivity index (χ1) is 8.65. The molecule has 0 aliphatic rings. The van der Waals surface area contributed by atoms with Crippen molar-refractivity contribution in [3.63, 3.8) is 0 Å². The zero-order valence-corrected chi connectivity index (χ0v) is 10.4. The van der Waals surface area contributed by atoms with Crippen molar-refractivity contribution >= 4 is 11.9 Å². The number of benzene rings is 1. The highest BCUT2D eigenvalue weighted by Gasteiger charge is 2.10. The fourth-order valence-corrected chi connectivity index (χ4v) is 1.60. The van der Waals surface area contributed by atoms with Gasteiger partial charge in [-0.2, -0.15) is 0 Å². The number of rotatable bonds is 7. The highest BCUT2D eigenvalue weighted by atomic mass is 16.4. The zero-order chi connectivity index (χ0) is 13.4. The smallest absolute Gasteiger partial charge is 0.305 e. The molecule has 0 aromatic heterocycles. The van der Waals surface area contributed by atoms with Crippen LogP contribution in [-0.2, 0) is 11.2 Å². The van der Waals surface area contributed by atoms with Crippen molar-refractivity contribution in [3.8, 4) is 0 Å². The predicted octanol–water partition coefficient (Wildman–Crippen LogP) is 0.653. The molecule has 5 heteroatoms. The molecule has 0 radical (unpaired) electrons. The van der Waals surface area contributed by atoms with Gasteiger partial charge < -0.3 is 15.7 Å². The van der Waals surface area contributed by atoms with E-state index in [2.05, 4.69) is 10.6 Å². The molecule has 0 bridgehead atoms. The zero-order valence-electron chi connectivity index (χ0n) is 10.4. The van der Waals surface area contributed by atoms with Crippen LogP contribution in [0.15, 0.2) is 24.3 Å². The molecule has 3 N–H and O–H groups in total. The van der Waals surface area contributed by atoms with Crippen LogP contribution in [0, 0.1) is 0 Å². The van der Waals surface area contributed by atoms with Crippen LogP contribution in [0.5, 0.6) is 0 Å². The van der Waals surface area contributed by atoms with Crippen molar-refractivity contribution in [3.05, 3.63) is 35.4 Å². The first-order valence-corrected chi connectivity index (χ1v) is 5.87. The summed E-state index contributed by atoms with van der Waals surface area (Å²) in [5, 5.41) is 14.1. The number of amides is 1. The molecule has 0 aliphatic heterocycles. The Morgan fingerprint density at radius 3 is 2.61 bits per heavy atom. The summed E-state index contributed by atoms with van der Waals surface area (Å²) < 4.78 is 0. The molecule has 1 aromatic carbocycles. The molecule has 18 heavy (non-hydrogen) atoms. The second-order valence-electron chi connectivity index (χ2n) is 3.91. The molecule has 0 aliphatic carbocycles. The lowest BCUT2D eigenvalue weighted by Crippen LogP contribution is -2.27. The van der Waals surface area contributed by atoms with Crippen molar-refractivity contribution in [2.75, 3.05) is 20.1 Å². The molecule has 1 amide bonds. The lowest BCUT2D eigenvalue weighted by Gasteiger charge is -2.09. The van der Waals surface area contributed by atoms with Crippen LogP contribution in [0.3, 0.4) is 0 Å². The minimum absolute atomic E-state index is 0.0651. The fourth-order valence-electron chi connectivity index (χ4n) is 1.60. The maximum Gasteiger partial charge on any atom is 0.305 e. The summed E-state index contributed by atoms with van der Waals surface area (Å²) in [5.74, 6) is -1.14. The molecule has 0 heterocycles. The molecule has 0 saturated heterocycles. The molecular weight excluding hydrogens is 232 g/mol. The van der Waals surface area contributed by atoms with E-state index < -0.39 is 5.97 Å². The summed E-state index contributed by atoms with van der Waals surface area (Å²) in [6.07, 6.45) is 0.698. The number of nitrogens with one attached hydrogen (secondary N) is 2. The fraction of sp³-hybridized carbons (Fsp3) is 0.385. The lowest BCUT2D eigenvalue weighted by molar-refractivity contribution is -0.136. The first-order valence-electron chi connectivity index (χ1n) is 5.87. The van der Waals surface area contributed by atoms with Crippen molar-refractivity contribution in [2.45, 2.75) is 12.8 Å². The standard InChI is InChI=1S/C13H18N2O3/c1-14-8-6-10-4-2-3-5-11(10)13(18)15-9-7-12(16)17/h2-5,14H,6-9H2,1H3,(H,15,18)(H,16,17). The molecule has 98 valence electrons. The molecule has 0 atom stereocenters. The number of carbonyl (C=O) groups excluding carboxylic acids is 1. The Morgan fingerprint density at radius 2 is 1.94 bits per heavy atom. The summed E-state index contributed by atoms with van der Waals surface area (Å²) in [6.45, 7) is 0.938. The number of carboxylic acid groups (broad SMARTS) is 1. The van der Waals surface area contributed by atoms with Gasteiger partial charge in [0.1, 0.15) is 0 Å². The third-order valence-electron chi connectivity index (χ3n) is 2.53. The molecule has 1 aromatic rings. The normalized spacial score (nSPS) is 10.1. The Balaban J connectivity index is 2.63. The van der Waals surface area contributed by atoms with Crippen LogP contribution in [-0.4, -0.2) is 37.1 Å². The first kappa shape index (κ1) is 14.2. The predicted molar refractivity (Wildman–Crippen MR) is 68.7 cm³/mol. The third-order valence-corrected chi connectivity index (χ3v) is 2.53. The summed E-state index contributed by atoms with van der Waals surface area (Å²) in [6, 6.07) is 7.35. The van der Waals surface area contributed by atoms with E-state index in [4.69, 9.17) is 5.11 Å². The van der Waals surface area contributed by atoms with E-state index in [9.17, 15) is 9.59 Å². The monoisotopic (exact) mass is 250 g/mol. The Bertz CT molecular complexity index is 418. The van der Waals surface area contributed by atoms with Crippen LogP contribution in [0.4, 0.5) is 0 Å². The highest BCUT2D eigenvalue weighted by Crippen LogP contribution is 2.09. The van der Waals surface area contributed by atoms with E-state index in [1.165, 1.54) is 0 Å². The average molecular weight is 250 g/mol. The SMILES string of the molecule is CNCCc1ccccc1C(=O)NCCC(=O)O. The summed E-state index contributed by atoms with van der Waals surface area (Å²) in [4.78, 5) is 22.3. The second kappa shape index (κ2) is 7.45. The Morgan fingerprint density at radius 1 is 1.22 bits per heavy atom. The number of carbonyl (C=O) groups is 2. The Labute approximate surface area is 106 Å². The summed E-state index contributed by atoms with van der Waals surface area (Å²) in [5.41, 5.74) is 1.57. The second-order valence-corrected chi connectivity index (χ2v) is 3.91. The van der Waals surface area contributed by atoms with Crippen LogP contribution in [0.1, 0.15) is 22.3 Å². The number of likely N-dealkylation sites (N-methyl/N-ethyl adjacent to an activating group) is 1. The molecule has 1 rings (SSSR count). The number of hydrogen-bond donors (Lipinski definition) is 3. The summed E-state index contributed by atoms with van der Waals surface area (Å²) >= 11 is 0. The highest BCUT2D eigenvalue weighted by molar-refractivity contribution is 5.95. The van der Waals surface area contributed by atoms with E-state index in [-0.39, 0.29) is 18.9 Å². The van der Waals surface area contributed by atoms with Gasteiger partial charge in [0.25, 0.3) is 5.91 Å². The van der Waals surface area contributed by atoms with Crippen molar-refractivity contribution in [2.24, 2.45) is 0 Å².